The summed E-state index contributed by atoms with van der Waals surface area (Å²) in [7, 11) is 0. The minimum absolute atomic E-state index is 0.112. The van der Waals surface area contributed by atoms with Gasteiger partial charge in [0.2, 0.25) is 0 Å². The van der Waals surface area contributed by atoms with Gasteiger partial charge >= 0.3 is 0 Å². The molecule has 1 aliphatic heterocycles. The smallest absolute Gasteiger partial charge is 0.184 e. The first-order valence-corrected chi connectivity index (χ1v) is 6.80. The average Bonchev–Trinajstić information content (AvgIpc) is 2.26. The van der Waals surface area contributed by atoms with Crippen molar-refractivity contribution in [2.75, 3.05) is 0 Å². The largest absolute Gasteiger partial charge is 0.345 e. The standard InChI is InChI=1S/C16H24O2/c1-11(2)13-6-8-14(9-7-13)15-17-12(3)10-16(4,5)18-15/h6-9,11-12,15H,10H2,1-5H3/t12-,15+/m1/s1. The summed E-state index contributed by atoms with van der Waals surface area (Å²) in [6.07, 6.45) is 0.946. The van der Waals surface area contributed by atoms with Gasteiger partial charge in [-0.05, 0) is 32.3 Å². The van der Waals surface area contributed by atoms with Crippen LogP contribution < -0.4 is 0 Å². The molecule has 2 nitrogen and oxygen atoms in total. The van der Waals surface area contributed by atoms with Crippen LogP contribution >= 0.6 is 0 Å². The van der Waals surface area contributed by atoms with Crippen LogP contribution in [-0.2, 0) is 9.47 Å². The van der Waals surface area contributed by atoms with Gasteiger partial charge in [-0.15, -0.1) is 0 Å². The van der Waals surface area contributed by atoms with Crippen molar-refractivity contribution in [3.63, 3.8) is 0 Å². The summed E-state index contributed by atoms with van der Waals surface area (Å²) in [6, 6.07) is 8.57. The van der Waals surface area contributed by atoms with Crippen molar-refractivity contribution in [3.05, 3.63) is 35.4 Å². The van der Waals surface area contributed by atoms with Gasteiger partial charge < -0.3 is 9.47 Å². The number of rotatable bonds is 2. The molecule has 100 valence electrons. The maximum Gasteiger partial charge on any atom is 0.184 e. The van der Waals surface area contributed by atoms with Gasteiger partial charge in [-0.25, -0.2) is 0 Å². The molecule has 0 spiro atoms. The van der Waals surface area contributed by atoms with Crippen LogP contribution in [0.25, 0.3) is 0 Å². The molecule has 1 aliphatic rings. The molecule has 0 aromatic heterocycles. The van der Waals surface area contributed by atoms with Gasteiger partial charge in [-0.2, -0.15) is 0 Å². The third-order valence-corrected chi connectivity index (χ3v) is 3.44. The van der Waals surface area contributed by atoms with Crippen LogP contribution in [0.3, 0.4) is 0 Å². The third kappa shape index (κ3) is 3.12. The summed E-state index contributed by atoms with van der Waals surface area (Å²) in [5.74, 6) is 0.558. The lowest BCUT2D eigenvalue weighted by atomic mass is 9.98. The second-order valence-electron chi connectivity index (χ2n) is 6.18. The second kappa shape index (κ2) is 5.02. The SMILES string of the molecule is CC(C)c1ccc([C@H]2O[C@H](C)CC(C)(C)O2)cc1. The fourth-order valence-corrected chi connectivity index (χ4v) is 2.50. The first-order valence-electron chi connectivity index (χ1n) is 6.80. The van der Waals surface area contributed by atoms with E-state index in [0.717, 1.165) is 12.0 Å². The molecule has 0 aliphatic carbocycles. The zero-order valence-electron chi connectivity index (χ0n) is 12.1. The molecular formula is C16H24O2. The molecule has 2 atom stereocenters. The Morgan fingerprint density at radius 2 is 1.78 bits per heavy atom. The van der Waals surface area contributed by atoms with Gasteiger partial charge in [-0.3, -0.25) is 0 Å². The molecule has 0 N–H and O–H groups in total. The molecule has 0 bridgehead atoms. The van der Waals surface area contributed by atoms with E-state index in [1.54, 1.807) is 0 Å². The molecule has 1 fully saturated rings. The summed E-state index contributed by atoms with van der Waals surface area (Å²) in [6.45, 7) is 10.8. The summed E-state index contributed by atoms with van der Waals surface area (Å²) in [5, 5.41) is 0. The number of ether oxygens (including phenoxy) is 2. The highest BCUT2D eigenvalue weighted by Crippen LogP contribution is 2.35. The number of benzene rings is 1. The fraction of sp³-hybridized carbons (Fsp3) is 0.625. The molecule has 0 amide bonds. The fourth-order valence-electron chi connectivity index (χ4n) is 2.50. The molecule has 0 radical (unpaired) electrons. The van der Waals surface area contributed by atoms with E-state index in [4.69, 9.17) is 9.47 Å². The van der Waals surface area contributed by atoms with E-state index in [9.17, 15) is 0 Å². The van der Waals surface area contributed by atoms with Gasteiger partial charge in [0.15, 0.2) is 6.29 Å². The van der Waals surface area contributed by atoms with E-state index in [1.165, 1.54) is 5.56 Å². The van der Waals surface area contributed by atoms with Crippen molar-refractivity contribution in [1.82, 2.24) is 0 Å². The average molecular weight is 248 g/mol. The Labute approximate surface area is 110 Å². The molecule has 1 heterocycles. The minimum atomic E-state index is -0.232. The molecule has 18 heavy (non-hydrogen) atoms. The zero-order chi connectivity index (χ0) is 13.3. The lowest BCUT2D eigenvalue weighted by Gasteiger charge is -2.39. The summed E-state index contributed by atoms with van der Waals surface area (Å²) >= 11 is 0. The Morgan fingerprint density at radius 1 is 1.17 bits per heavy atom. The number of hydrogen-bond donors (Lipinski definition) is 0. The van der Waals surface area contributed by atoms with Crippen molar-refractivity contribution in [2.45, 2.75) is 65.0 Å². The molecular weight excluding hydrogens is 224 g/mol. The van der Waals surface area contributed by atoms with Crippen LogP contribution in [0.5, 0.6) is 0 Å². The predicted octanol–water partition coefficient (Wildman–Crippen LogP) is 4.41. The van der Waals surface area contributed by atoms with Crippen molar-refractivity contribution in [1.29, 1.82) is 0 Å². The van der Waals surface area contributed by atoms with Crippen LogP contribution in [0.15, 0.2) is 24.3 Å². The number of hydrogen-bond acceptors (Lipinski definition) is 2. The normalized spacial score (nSPS) is 27.4. The van der Waals surface area contributed by atoms with E-state index in [0.29, 0.717) is 5.92 Å². The summed E-state index contributed by atoms with van der Waals surface area (Å²) in [5.41, 5.74) is 2.35. The highest BCUT2D eigenvalue weighted by atomic mass is 16.7. The van der Waals surface area contributed by atoms with Gasteiger partial charge in [0.1, 0.15) is 0 Å². The Hall–Kier alpha value is -0.860. The molecule has 0 saturated carbocycles. The highest BCUT2D eigenvalue weighted by molar-refractivity contribution is 5.25. The van der Waals surface area contributed by atoms with Crippen molar-refractivity contribution < 1.29 is 9.47 Å². The third-order valence-electron chi connectivity index (χ3n) is 3.44. The van der Waals surface area contributed by atoms with Crippen LogP contribution in [0, 0.1) is 0 Å². The molecule has 0 unspecified atom stereocenters. The molecule has 1 saturated heterocycles. The van der Waals surface area contributed by atoms with Crippen molar-refractivity contribution >= 4 is 0 Å². The second-order valence-corrected chi connectivity index (χ2v) is 6.18. The lowest BCUT2D eigenvalue weighted by Crippen LogP contribution is -2.38. The Bertz CT molecular complexity index is 392. The zero-order valence-corrected chi connectivity index (χ0v) is 12.1. The van der Waals surface area contributed by atoms with Gasteiger partial charge in [0.25, 0.3) is 0 Å². The predicted molar refractivity (Wildman–Crippen MR) is 73.6 cm³/mol. The van der Waals surface area contributed by atoms with Crippen molar-refractivity contribution in [3.8, 4) is 0 Å². The minimum Gasteiger partial charge on any atom is -0.345 e. The van der Waals surface area contributed by atoms with E-state index in [1.807, 2.05) is 0 Å². The van der Waals surface area contributed by atoms with E-state index >= 15 is 0 Å². The quantitative estimate of drug-likeness (QED) is 0.771. The highest BCUT2D eigenvalue weighted by Gasteiger charge is 2.34. The Kier molecular flexibility index (Phi) is 3.79. The van der Waals surface area contributed by atoms with Crippen LogP contribution in [-0.4, -0.2) is 11.7 Å². The lowest BCUT2D eigenvalue weighted by molar-refractivity contribution is -0.273. The maximum absolute atomic E-state index is 6.01. The van der Waals surface area contributed by atoms with Crippen LogP contribution in [0.1, 0.15) is 64.4 Å². The summed E-state index contributed by atoms with van der Waals surface area (Å²) in [4.78, 5) is 0. The van der Waals surface area contributed by atoms with E-state index in [-0.39, 0.29) is 18.0 Å². The molecule has 2 heteroatoms. The van der Waals surface area contributed by atoms with E-state index in [2.05, 4.69) is 58.9 Å². The Morgan fingerprint density at radius 3 is 2.28 bits per heavy atom. The van der Waals surface area contributed by atoms with Gasteiger partial charge in [0.05, 0.1) is 11.7 Å². The first-order chi connectivity index (χ1) is 8.37. The molecule has 1 aromatic rings. The van der Waals surface area contributed by atoms with Gasteiger partial charge in [-0.1, -0.05) is 38.1 Å². The maximum atomic E-state index is 6.01. The molecule has 1 aromatic carbocycles. The van der Waals surface area contributed by atoms with Gasteiger partial charge in [0, 0.05) is 12.0 Å². The van der Waals surface area contributed by atoms with Crippen LogP contribution in [0.2, 0.25) is 0 Å². The monoisotopic (exact) mass is 248 g/mol. The molecule has 2 rings (SSSR count). The van der Waals surface area contributed by atoms with Crippen LogP contribution in [0.4, 0.5) is 0 Å². The topological polar surface area (TPSA) is 18.5 Å². The summed E-state index contributed by atoms with van der Waals surface area (Å²) < 4.78 is 11.9. The van der Waals surface area contributed by atoms with Crippen molar-refractivity contribution in [2.24, 2.45) is 0 Å². The Balaban J connectivity index is 2.15. The first kappa shape index (κ1) is 13.6. The van der Waals surface area contributed by atoms with E-state index < -0.39 is 0 Å².